The standard InChI is InChI=1S/C13H18O2/c1-4-15-12-7-5-6-11(9-12)13(14)8-10(2)3/h5-9,13-14H,4H2,1-3H3. The molecular formula is C13H18O2. The highest BCUT2D eigenvalue weighted by Crippen LogP contribution is 2.21. The maximum Gasteiger partial charge on any atom is 0.119 e. The van der Waals surface area contributed by atoms with Crippen LogP contribution in [-0.4, -0.2) is 11.7 Å². The van der Waals surface area contributed by atoms with Crippen molar-refractivity contribution in [2.24, 2.45) is 0 Å². The zero-order chi connectivity index (χ0) is 11.3. The van der Waals surface area contributed by atoms with Gasteiger partial charge in [-0.05, 0) is 38.5 Å². The van der Waals surface area contributed by atoms with Crippen molar-refractivity contribution in [2.45, 2.75) is 26.9 Å². The monoisotopic (exact) mass is 206 g/mol. The predicted octanol–water partition coefficient (Wildman–Crippen LogP) is 3.08. The smallest absolute Gasteiger partial charge is 0.119 e. The quantitative estimate of drug-likeness (QED) is 0.767. The van der Waals surface area contributed by atoms with Crippen molar-refractivity contribution in [3.63, 3.8) is 0 Å². The van der Waals surface area contributed by atoms with Crippen LogP contribution in [0.2, 0.25) is 0 Å². The van der Waals surface area contributed by atoms with Crippen LogP contribution in [0.4, 0.5) is 0 Å². The molecule has 0 heterocycles. The summed E-state index contributed by atoms with van der Waals surface area (Å²) < 4.78 is 5.37. The SMILES string of the molecule is CCOc1cccc(C(O)C=C(C)C)c1. The number of rotatable bonds is 4. The van der Waals surface area contributed by atoms with Crippen molar-refractivity contribution in [1.82, 2.24) is 0 Å². The van der Waals surface area contributed by atoms with E-state index in [1.54, 1.807) is 0 Å². The second kappa shape index (κ2) is 5.56. The van der Waals surface area contributed by atoms with Gasteiger partial charge < -0.3 is 9.84 Å². The fourth-order valence-electron chi connectivity index (χ4n) is 1.37. The Morgan fingerprint density at radius 1 is 1.47 bits per heavy atom. The van der Waals surface area contributed by atoms with E-state index >= 15 is 0 Å². The lowest BCUT2D eigenvalue weighted by Crippen LogP contribution is -1.96. The molecule has 0 saturated carbocycles. The summed E-state index contributed by atoms with van der Waals surface area (Å²) in [5.41, 5.74) is 1.96. The Morgan fingerprint density at radius 3 is 2.80 bits per heavy atom. The molecule has 0 aliphatic rings. The van der Waals surface area contributed by atoms with Gasteiger partial charge in [0.2, 0.25) is 0 Å². The number of hydrogen-bond acceptors (Lipinski definition) is 2. The Morgan fingerprint density at radius 2 is 2.20 bits per heavy atom. The van der Waals surface area contributed by atoms with Crippen molar-refractivity contribution in [3.8, 4) is 5.75 Å². The molecule has 0 aromatic heterocycles. The zero-order valence-corrected chi connectivity index (χ0v) is 9.53. The second-order valence-corrected chi connectivity index (χ2v) is 3.69. The molecule has 1 N–H and O–H groups in total. The first-order chi connectivity index (χ1) is 7.13. The summed E-state index contributed by atoms with van der Waals surface area (Å²) in [6.07, 6.45) is 1.28. The van der Waals surface area contributed by atoms with Gasteiger partial charge in [-0.25, -0.2) is 0 Å². The first-order valence-corrected chi connectivity index (χ1v) is 5.19. The van der Waals surface area contributed by atoms with E-state index in [9.17, 15) is 5.11 Å². The molecule has 0 bridgehead atoms. The van der Waals surface area contributed by atoms with E-state index in [1.165, 1.54) is 0 Å². The molecule has 82 valence electrons. The first-order valence-electron chi connectivity index (χ1n) is 5.19. The molecule has 2 nitrogen and oxygen atoms in total. The van der Waals surface area contributed by atoms with Crippen LogP contribution in [0.5, 0.6) is 5.75 Å². The van der Waals surface area contributed by atoms with Crippen molar-refractivity contribution in [2.75, 3.05) is 6.61 Å². The number of allylic oxidation sites excluding steroid dienone is 1. The van der Waals surface area contributed by atoms with E-state index in [-0.39, 0.29) is 0 Å². The molecule has 0 fully saturated rings. The average molecular weight is 206 g/mol. The predicted molar refractivity (Wildman–Crippen MR) is 62.0 cm³/mol. The second-order valence-electron chi connectivity index (χ2n) is 3.69. The Bertz CT molecular complexity index is 338. The molecule has 0 amide bonds. The van der Waals surface area contributed by atoms with Crippen molar-refractivity contribution in [3.05, 3.63) is 41.5 Å². The molecule has 1 aromatic rings. The Balaban J connectivity index is 2.85. The van der Waals surface area contributed by atoms with Crippen LogP contribution in [0.1, 0.15) is 32.4 Å². The van der Waals surface area contributed by atoms with E-state index in [2.05, 4.69) is 0 Å². The van der Waals surface area contributed by atoms with Gasteiger partial charge >= 0.3 is 0 Å². The molecule has 1 rings (SSSR count). The number of aliphatic hydroxyl groups excluding tert-OH is 1. The summed E-state index contributed by atoms with van der Waals surface area (Å²) in [5.74, 6) is 0.802. The van der Waals surface area contributed by atoms with Crippen molar-refractivity contribution < 1.29 is 9.84 Å². The summed E-state index contributed by atoms with van der Waals surface area (Å²) in [6, 6.07) is 7.55. The van der Waals surface area contributed by atoms with Gasteiger partial charge in [-0.2, -0.15) is 0 Å². The van der Waals surface area contributed by atoms with Gasteiger partial charge in [-0.3, -0.25) is 0 Å². The lowest BCUT2D eigenvalue weighted by molar-refractivity contribution is 0.227. The molecule has 0 radical (unpaired) electrons. The van der Waals surface area contributed by atoms with Gasteiger partial charge in [0.1, 0.15) is 5.75 Å². The van der Waals surface area contributed by atoms with Gasteiger partial charge in [0, 0.05) is 0 Å². The molecule has 0 saturated heterocycles. The minimum absolute atomic E-state index is 0.546. The molecule has 0 aliphatic heterocycles. The number of benzene rings is 1. The van der Waals surface area contributed by atoms with E-state index in [0.717, 1.165) is 16.9 Å². The largest absolute Gasteiger partial charge is 0.494 e. The summed E-state index contributed by atoms with van der Waals surface area (Å²) in [6.45, 7) is 6.52. The third-order valence-electron chi connectivity index (χ3n) is 2.00. The number of ether oxygens (including phenoxy) is 1. The summed E-state index contributed by atoms with van der Waals surface area (Å²) in [4.78, 5) is 0. The molecule has 1 aromatic carbocycles. The van der Waals surface area contributed by atoms with Crippen LogP contribution in [0.25, 0.3) is 0 Å². The molecule has 1 atom stereocenters. The van der Waals surface area contributed by atoms with Gasteiger partial charge in [-0.15, -0.1) is 0 Å². The number of hydrogen-bond donors (Lipinski definition) is 1. The Labute approximate surface area is 91.2 Å². The summed E-state index contributed by atoms with van der Waals surface area (Å²) >= 11 is 0. The average Bonchev–Trinajstić information content (AvgIpc) is 2.17. The molecule has 15 heavy (non-hydrogen) atoms. The van der Waals surface area contributed by atoms with Crippen LogP contribution < -0.4 is 4.74 Å². The van der Waals surface area contributed by atoms with Crippen molar-refractivity contribution >= 4 is 0 Å². The topological polar surface area (TPSA) is 29.5 Å². The van der Waals surface area contributed by atoms with Crippen LogP contribution >= 0.6 is 0 Å². The minimum atomic E-state index is -0.546. The highest BCUT2D eigenvalue weighted by atomic mass is 16.5. The third-order valence-corrected chi connectivity index (χ3v) is 2.00. The highest BCUT2D eigenvalue weighted by molar-refractivity contribution is 5.31. The van der Waals surface area contributed by atoms with Gasteiger partial charge in [0.15, 0.2) is 0 Å². The van der Waals surface area contributed by atoms with Crippen molar-refractivity contribution in [1.29, 1.82) is 0 Å². The fourth-order valence-corrected chi connectivity index (χ4v) is 1.37. The Kier molecular flexibility index (Phi) is 4.37. The maximum absolute atomic E-state index is 9.85. The van der Waals surface area contributed by atoms with Gasteiger partial charge in [0.25, 0.3) is 0 Å². The van der Waals surface area contributed by atoms with Crippen LogP contribution in [-0.2, 0) is 0 Å². The van der Waals surface area contributed by atoms with E-state index in [4.69, 9.17) is 4.74 Å². The first kappa shape index (κ1) is 11.8. The van der Waals surface area contributed by atoms with Crippen LogP contribution in [0, 0.1) is 0 Å². The highest BCUT2D eigenvalue weighted by Gasteiger charge is 2.04. The summed E-state index contributed by atoms with van der Waals surface area (Å²) in [5, 5.41) is 9.85. The maximum atomic E-state index is 9.85. The zero-order valence-electron chi connectivity index (χ0n) is 9.53. The molecule has 0 spiro atoms. The summed E-state index contributed by atoms with van der Waals surface area (Å²) in [7, 11) is 0. The fraction of sp³-hybridized carbons (Fsp3) is 0.385. The number of aliphatic hydroxyl groups is 1. The van der Waals surface area contributed by atoms with Gasteiger partial charge in [-0.1, -0.05) is 23.8 Å². The van der Waals surface area contributed by atoms with Crippen LogP contribution in [0.15, 0.2) is 35.9 Å². The molecular weight excluding hydrogens is 188 g/mol. The molecule has 2 heteroatoms. The normalized spacial score (nSPS) is 12.0. The Hall–Kier alpha value is -1.28. The minimum Gasteiger partial charge on any atom is -0.494 e. The lowest BCUT2D eigenvalue weighted by atomic mass is 10.1. The lowest BCUT2D eigenvalue weighted by Gasteiger charge is -2.09. The van der Waals surface area contributed by atoms with E-state index in [1.807, 2.05) is 51.1 Å². The third kappa shape index (κ3) is 3.76. The van der Waals surface area contributed by atoms with Crippen LogP contribution in [0.3, 0.4) is 0 Å². The van der Waals surface area contributed by atoms with E-state index < -0.39 is 6.10 Å². The molecule has 0 aliphatic carbocycles. The molecule has 1 unspecified atom stereocenters. The van der Waals surface area contributed by atoms with Gasteiger partial charge in [0.05, 0.1) is 12.7 Å². The van der Waals surface area contributed by atoms with E-state index in [0.29, 0.717) is 6.61 Å².